The van der Waals surface area contributed by atoms with E-state index in [1.54, 1.807) is 6.92 Å². The maximum Gasteiger partial charge on any atom is 0.246 e. The minimum atomic E-state index is -1.22. The first kappa shape index (κ1) is 32.6. The average Bonchev–Trinajstić information content (AvgIpc) is 3.02. The van der Waals surface area contributed by atoms with Crippen molar-refractivity contribution in [1.82, 2.24) is 5.32 Å². The highest BCUT2D eigenvalue weighted by Gasteiger charge is 2.31. The Bertz CT molecular complexity index is 1170. The third kappa shape index (κ3) is 8.56. The molecule has 4 aromatic rings. The van der Waals surface area contributed by atoms with Crippen molar-refractivity contribution in [3.8, 4) is 0 Å². The van der Waals surface area contributed by atoms with Crippen molar-refractivity contribution in [3.05, 3.63) is 133 Å². The molecule has 1 N–H and O–H groups in total. The lowest BCUT2D eigenvalue weighted by Gasteiger charge is -2.44. The van der Waals surface area contributed by atoms with Gasteiger partial charge in [0.1, 0.15) is 6.15 Å². The molecule has 0 aromatic heterocycles. The van der Waals surface area contributed by atoms with Gasteiger partial charge >= 0.3 is 0 Å². The number of hydrogen-bond acceptors (Lipinski definition) is 1. The minimum absolute atomic E-state index is 0.0230. The van der Waals surface area contributed by atoms with Gasteiger partial charge in [-0.3, -0.25) is 4.79 Å². The second-order valence-corrected chi connectivity index (χ2v) is 11.7. The summed E-state index contributed by atoms with van der Waals surface area (Å²) < 4.78 is 1.12. The van der Waals surface area contributed by atoms with Gasteiger partial charge in [-0.2, -0.15) is 21.9 Å². The van der Waals surface area contributed by atoms with E-state index in [2.05, 4.69) is 154 Å². The zero-order valence-electron chi connectivity index (χ0n) is 26.1. The van der Waals surface area contributed by atoms with Gasteiger partial charge in [0, 0.05) is 18.5 Å². The van der Waals surface area contributed by atoms with Gasteiger partial charge in [-0.1, -0.05) is 142 Å². The Balaban J connectivity index is 0.000000252. The van der Waals surface area contributed by atoms with Crippen molar-refractivity contribution in [1.29, 1.82) is 0 Å². The molecule has 0 aliphatic carbocycles. The number of nitrogens with one attached hydrogen (secondary N) is 1. The molecule has 220 valence electrons. The van der Waals surface area contributed by atoms with E-state index in [1.165, 1.54) is 47.8 Å². The van der Waals surface area contributed by atoms with Crippen LogP contribution in [0.1, 0.15) is 40.0 Å². The molecule has 0 heterocycles. The molecule has 4 heteroatoms. The van der Waals surface area contributed by atoms with Crippen LogP contribution in [-0.2, 0) is 4.79 Å². The highest BCUT2D eigenvalue weighted by Crippen LogP contribution is 2.09. The molecule has 0 unspecified atom stereocenters. The Labute approximate surface area is 254 Å². The van der Waals surface area contributed by atoms with Crippen molar-refractivity contribution in [2.45, 2.75) is 40.0 Å². The molecular weight excluding hydrogens is 511 g/mol. The van der Waals surface area contributed by atoms with Crippen LogP contribution in [0, 0.1) is 0 Å². The molecular formula is C38H49BN2O. The summed E-state index contributed by atoms with van der Waals surface area (Å²) in [6, 6.07) is 43.5. The van der Waals surface area contributed by atoms with Gasteiger partial charge in [0.15, 0.2) is 0 Å². The Kier molecular flexibility index (Phi) is 12.8. The molecule has 0 saturated heterocycles. The molecule has 0 aliphatic rings. The summed E-state index contributed by atoms with van der Waals surface area (Å²) in [6.45, 7) is 14.2. The fourth-order valence-electron chi connectivity index (χ4n) is 6.35. The second-order valence-electron chi connectivity index (χ2n) is 11.7. The van der Waals surface area contributed by atoms with Gasteiger partial charge in [0.05, 0.1) is 26.7 Å². The van der Waals surface area contributed by atoms with Crippen molar-refractivity contribution >= 4 is 33.9 Å². The predicted octanol–water partition coefficient (Wildman–Crippen LogP) is 5.40. The summed E-state index contributed by atoms with van der Waals surface area (Å²) in [5.74, 6) is -0.0230. The van der Waals surface area contributed by atoms with Gasteiger partial charge in [0.25, 0.3) is 0 Å². The fourth-order valence-corrected chi connectivity index (χ4v) is 6.35. The van der Waals surface area contributed by atoms with Crippen molar-refractivity contribution in [2.75, 3.05) is 33.2 Å². The molecule has 3 nitrogen and oxygen atoms in total. The first-order valence-electron chi connectivity index (χ1n) is 15.5. The standard InChI is InChI=1S/C24H20B.C14H28N2O/c1-5-13-21(14-6-1)25(22-15-7-2-8-16-22,23-17-9-3-10-18-23)24-19-11-4-12-20-24;1-6-10-16(5,11-7-2)12-8-9-15-14(17)13(3)4/h1-20H;3,6-12H2,1-2,4-5H3/q-1;/p+1. The lowest BCUT2D eigenvalue weighted by atomic mass is 9.13. The minimum Gasteiger partial charge on any atom is -0.352 e. The zero-order valence-corrected chi connectivity index (χ0v) is 26.1. The van der Waals surface area contributed by atoms with Crippen LogP contribution in [0.2, 0.25) is 0 Å². The van der Waals surface area contributed by atoms with Crippen LogP contribution >= 0.6 is 0 Å². The number of nitrogens with zero attached hydrogens (tertiary/aromatic N) is 1. The maximum absolute atomic E-state index is 11.3. The number of carbonyl (C=O) groups is 1. The van der Waals surface area contributed by atoms with Crippen LogP contribution in [0.5, 0.6) is 0 Å². The number of hydrogen-bond donors (Lipinski definition) is 1. The second kappa shape index (κ2) is 16.5. The van der Waals surface area contributed by atoms with E-state index in [9.17, 15) is 4.79 Å². The zero-order chi connectivity index (χ0) is 30.3. The summed E-state index contributed by atoms with van der Waals surface area (Å²) in [7, 11) is 2.31. The topological polar surface area (TPSA) is 29.1 Å². The van der Waals surface area contributed by atoms with E-state index in [0.29, 0.717) is 5.57 Å². The lowest BCUT2D eigenvalue weighted by molar-refractivity contribution is -0.909. The van der Waals surface area contributed by atoms with Crippen LogP contribution in [0.4, 0.5) is 0 Å². The van der Waals surface area contributed by atoms with Crippen LogP contribution in [-0.4, -0.2) is 49.8 Å². The highest BCUT2D eigenvalue weighted by molar-refractivity contribution is 7.19. The van der Waals surface area contributed by atoms with Gasteiger partial charge in [-0.15, -0.1) is 0 Å². The summed E-state index contributed by atoms with van der Waals surface area (Å²) in [5, 5.41) is 2.89. The predicted molar refractivity (Wildman–Crippen MR) is 184 cm³/mol. The largest absolute Gasteiger partial charge is 0.352 e. The van der Waals surface area contributed by atoms with Crippen molar-refractivity contribution in [2.24, 2.45) is 0 Å². The monoisotopic (exact) mass is 560 g/mol. The first-order chi connectivity index (χ1) is 20.4. The van der Waals surface area contributed by atoms with E-state index in [4.69, 9.17) is 0 Å². The van der Waals surface area contributed by atoms with Crippen LogP contribution in [0.25, 0.3) is 0 Å². The third-order valence-corrected chi connectivity index (χ3v) is 8.27. The molecule has 0 spiro atoms. The van der Waals surface area contributed by atoms with E-state index >= 15 is 0 Å². The lowest BCUT2D eigenvalue weighted by Crippen LogP contribution is -2.74. The summed E-state index contributed by atoms with van der Waals surface area (Å²) >= 11 is 0. The Morgan fingerprint density at radius 1 is 0.643 bits per heavy atom. The highest BCUT2D eigenvalue weighted by atomic mass is 16.1. The Morgan fingerprint density at radius 2 is 0.976 bits per heavy atom. The third-order valence-electron chi connectivity index (χ3n) is 8.27. The van der Waals surface area contributed by atoms with Gasteiger partial charge in [-0.25, -0.2) is 0 Å². The summed E-state index contributed by atoms with van der Waals surface area (Å²) in [5.41, 5.74) is 5.94. The quantitative estimate of drug-likeness (QED) is 0.101. The molecule has 0 saturated carbocycles. The number of benzene rings is 4. The van der Waals surface area contributed by atoms with E-state index in [0.717, 1.165) is 24.0 Å². The van der Waals surface area contributed by atoms with E-state index in [-0.39, 0.29) is 5.91 Å². The maximum atomic E-state index is 11.3. The van der Waals surface area contributed by atoms with Gasteiger partial charge < -0.3 is 9.80 Å². The van der Waals surface area contributed by atoms with E-state index < -0.39 is 6.15 Å². The normalized spacial score (nSPS) is 11.2. The van der Waals surface area contributed by atoms with Crippen LogP contribution in [0.3, 0.4) is 0 Å². The average molecular weight is 561 g/mol. The number of quaternary nitrogens is 1. The van der Waals surface area contributed by atoms with Crippen molar-refractivity contribution in [3.63, 3.8) is 0 Å². The van der Waals surface area contributed by atoms with Crippen LogP contribution < -0.4 is 27.2 Å². The summed E-state index contributed by atoms with van der Waals surface area (Å²) in [6.07, 6.45) is 2.26. The number of rotatable bonds is 13. The van der Waals surface area contributed by atoms with Crippen LogP contribution in [0.15, 0.2) is 133 Å². The van der Waals surface area contributed by atoms with E-state index in [1.807, 2.05) is 0 Å². The molecule has 0 fully saturated rings. The first-order valence-corrected chi connectivity index (χ1v) is 15.5. The fraction of sp³-hybridized carbons (Fsp3) is 0.289. The molecule has 4 rings (SSSR count). The number of carbonyl (C=O) groups excluding carboxylic acids is 1. The molecule has 1 amide bonds. The molecule has 0 atom stereocenters. The molecule has 0 radical (unpaired) electrons. The van der Waals surface area contributed by atoms with Crippen molar-refractivity contribution < 1.29 is 9.28 Å². The molecule has 0 bridgehead atoms. The SMILES string of the molecule is C=C(C)C(=O)NCCC[N+](C)(CCC)CCC.c1ccc([B-](c2ccccc2)(c2ccccc2)c2ccccc2)cc1. The molecule has 42 heavy (non-hydrogen) atoms. The Morgan fingerprint density at radius 3 is 1.26 bits per heavy atom. The molecule has 0 aliphatic heterocycles. The Hall–Kier alpha value is -3.89. The van der Waals surface area contributed by atoms with Gasteiger partial charge in [0.2, 0.25) is 5.91 Å². The van der Waals surface area contributed by atoms with Gasteiger partial charge in [-0.05, 0) is 19.8 Å². The molecule has 4 aromatic carbocycles. The number of amides is 1. The summed E-state index contributed by atoms with van der Waals surface area (Å²) in [4.78, 5) is 11.3. The smallest absolute Gasteiger partial charge is 0.246 e.